The molecule has 7 nitrogen and oxygen atoms in total. The smallest absolute Gasteiger partial charge is 0.229 e. The van der Waals surface area contributed by atoms with Crippen molar-refractivity contribution < 1.29 is 33.2 Å². The average Bonchev–Trinajstić information content (AvgIpc) is 2.93. The summed E-state index contributed by atoms with van der Waals surface area (Å²) in [4.78, 5) is 0. The van der Waals surface area contributed by atoms with Crippen molar-refractivity contribution in [1.82, 2.24) is 0 Å². The second kappa shape index (κ2) is 17.3. The van der Waals surface area contributed by atoms with Crippen LogP contribution in [-0.4, -0.2) is 76.2 Å². The molecule has 5 atom stereocenters. The van der Waals surface area contributed by atoms with Crippen LogP contribution in [0.15, 0.2) is 86.0 Å². The van der Waals surface area contributed by atoms with E-state index in [9.17, 15) is 0 Å². The summed E-state index contributed by atoms with van der Waals surface area (Å²) in [6.07, 6.45) is 0.458. The van der Waals surface area contributed by atoms with Gasteiger partial charge in [0.05, 0.1) is 46.2 Å². The lowest BCUT2D eigenvalue weighted by Crippen LogP contribution is -2.63. The van der Waals surface area contributed by atoms with Crippen molar-refractivity contribution in [3.8, 4) is 5.75 Å². The summed E-state index contributed by atoms with van der Waals surface area (Å²) in [5.74, 6) is 1.07. The molecule has 0 unspecified atom stereocenters. The van der Waals surface area contributed by atoms with Gasteiger partial charge in [-0.25, -0.2) is 0 Å². The van der Waals surface area contributed by atoms with Gasteiger partial charge in [0.1, 0.15) is 30.2 Å². The van der Waals surface area contributed by atoms with E-state index in [1.54, 1.807) is 12.2 Å². The SMILES string of the molecule is C=CCO[C@@H]1[C@@H](OCC=C)[C@H](Oc2ccccc2)O[C@H](COCc2ccccc2)[C@H]1OCCOCCCl. The number of halogens is 1. The molecule has 0 aromatic heterocycles. The summed E-state index contributed by atoms with van der Waals surface area (Å²) in [5.41, 5.74) is 1.06. The molecule has 0 amide bonds. The zero-order valence-corrected chi connectivity index (χ0v) is 21.9. The topological polar surface area (TPSA) is 64.6 Å². The fourth-order valence-electron chi connectivity index (χ4n) is 3.93. The lowest BCUT2D eigenvalue weighted by Gasteiger charge is -2.45. The Morgan fingerprint density at radius 2 is 1.43 bits per heavy atom. The van der Waals surface area contributed by atoms with Gasteiger partial charge in [-0.15, -0.1) is 24.8 Å². The maximum Gasteiger partial charge on any atom is 0.229 e. The van der Waals surface area contributed by atoms with E-state index in [0.29, 0.717) is 44.7 Å². The summed E-state index contributed by atoms with van der Waals surface area (Å²) >= 11 is 5.72. The summed E-state index contributed by atoms with van der Waals surface area (Å²) in [5, 5.41) is 0. The van der Waals surface area contributed by atoms with Gasteiger partial charge < -0.3 is 33.2 Å². The average molecular weight is 533 g/mol. The van der Waals surface area contributed by atoms with E-state index < -0.39 is 30.7 Å². The third-order valence-corrected chi connectivity index (χ3v) is 5.71. The van der Waals surface area contributed by atoms with E-state index in [-0.39, 0.29) is 13.2 Å². The highest BCUT2D eigenvalue weighted by Crippen LogP contribution is 2.30. The van der Waals surface area contributed by atoms with Crippen LogP contribution < -0.4 is 4.74 Å². The van der Waals surface area contributed by atoms with Crippen molar-refractivity contribution in [2.45, 2.75) is 37.3 Å². The van der Waals surface area contributed by atoms with Crippen molar-refractivity contribution in [2.75, 3.05) is 45.5 Å². The van der Waals surface area contributed by atoms with Crippen LogP contribution in [0, 0.1) is 0 Å². The van der Waals surface area contributed by atoms with Crippen LogP contribution in [0.25, 0.3) is 0 Å². The van der Waals surface area contributed by atoms with Crippen LogP contribution in [0.2, 0.25) is 0 Å². The van der Waals surface area contributed by atoms with Gasteiger partial charge in [-0.05, 0) is 17.7 Å². The maximum atomic E-state index is 6.44. The van der Waals surface area contributed by atoms with E-state index >= 15 is 0 Å². The van der Waals surface area contributed by atoms with Gasteiger partial charge in [-0.1, -0.05) is 60.7 Å². The Balaban J connectivity index is 1.81. The number of hydrogen-bond acceptors (Lipinski definition) is 7. The minimum atomic E-state index is -0.769. The highest BCUT2D eigenvalue weighted by Gasteiger charge is 2.49. The van der Waals surface area contributed by atoms with Gasteiger partial charge >= 0.3 is 0 Å². The second-order valence-electron chi connectivity index (χ2n) is 8.28. The Kier molecular flexibility index (Phi) is 13.7. The van der Waals surface area contributed by atoms with Crippen molar-refractivity contribution in [2.24, 2.45) is 0 Å². The fraction of sp³-hybridized carbons (Fsp3) is 0.448. The molecule has 0 spiro atoms. The van der Waals surface area contributed by atoms with Crippen molar-refractivity contribution in [3.05, 3.63) is 91.5 Å². The van der Waals surface area contributed by atoms with Gasteiger partial charge in [0, 0.05) is 5.88 Å². The molecule has 202 valence electrons. The molecule has 1 aliphatic heterocycles. The molecule has 0 bridgehead atoms. The predicted molar refractivity (Wildman–Crippen MR) is 143 cm³/mol. The first-order valence-corrected chi connectivity index (χ1v) is 13.0. The van der Waals surface area contributed by atoms with E-state index in [4.69, 9.17) is 44.8 Å². The fourth-order valence-corrected chi connectivity index (χ4v) is 4.04. The minimum absolute atomic E-state index is 0.263. The van der Waals surface area contributed by atoms with Gasteiger partial charge in [0.25, 0.3) is 0 Å². The van der Waals surface area contributed by atoms with Crippen LogP contribution in [0.4, 0.5) is 0 Å². The zero-order chi connectivity index (χ0) is 26.1. The van der Waals surface area contributed by atoms with Crippen molar-refractivity contribution in [1.29, 1.82) is 0 Å². The maximum absolute atomic E-state index is 6.44. The molecule has 0 N–H and O–H groups in total. The number of alkyl halides is 1. The quantitative estimate of drug-likeness (QED) is 0.155. The summed E-state index contributed by atoms with van der Waals surface area (Å²) in [6, 6.07) is 19.4. The highest BCUT2D eigenvalue weighted by molar-refractivity contribution is 6.17. The van der Waals surface area contributed by atoms with E-state index in [1.807, 2.05) is 60.7 Å². The summed E-state index contributed by atoms with van der Waals surface area (Å²) in [7, 11) is 0. The third-order valence-electron chi connectivity index (χ3n) is 5.55. The third kappa shape index (κ3) is 9.87. The lowest BCUT2D eigenvalue weighted by atomic mass is 9.98. The molecule has 1 heterocycles. The van der Waals surface area contributed by atoms with Crippen molar-refractivity contribution in [3.63, 3.8) is 0 Å². The van der Waals surface area contributed by atoms with Gasteiger partial charge in [0.2, 0.25) is 6.29 Å². The normalized spacial score (nSPS) is 23.4. The number of para-hydroxylation sites is 1. The first-order valence-electron chi connectivity index (χ1n) is 12.5. The molecular weight excluding hydrogens is 496 g/mol. The van der Waals surface area contributed by atoms with E-state index in [2.05, 4.69) is 13.2 Å². The first-order chi connectivity index (χ1) is 18.3. The van der Waals surface area contributed by atoms with E-state index in [0.717, 1.165) is 5.56 Å². The molecule has 0 radical (unpaired) electrons. The van der Waals surface area contributed by atoms with E-state index in [1.165, 1.54) is 0 Å². The summed E-state index contributed by atoms with van der Waals surface area (Å²) in [6.45, 7) is 10.0. The molecule has 37 heavy (non-hydrogen) atoms. The Bertz CT molecular complexity index is 882. The van der Waals surface area contributed by atoms with Crippen LogP contribution >= 0.6 is 11.6 Å². The first kappa shape index (κ1) is 29.3. The lowest BCUT2D eigenvalue weighted by molar-refractivity contribution is -0.302. The largest absolute Gasteiger partial charge is 0.462 e. The monoisotopic (exact) mass is 532 g/mol. The van der Waals surface area contributed by atoms with Crippen LogP contribution in [0.3, 0.4) is 0 Å². The van der Waals surface area contributed by atoms with Crippen molar-refractivity contribution >= 4 is 11.6 Å². The van der Waals surface area contributed by atoms with Gasteiger partial charge in [-0.3, -0.25) is 0 Å². The van der Waals surface area contributed by atoms with Crippen LogP contribution in [-0.2, 0) is 35.0 Å². The van der Waals surface area contributed by atoms with Gasteiger partial charge in [-0.2, -0.15) is 0 Å². The Labute approximate surface area is 224 Å². The molecule has 0 saturated carbocycles. The number of hydrogen-bond donors (Lipinski definition) is 0. The predicted octanol–water partition coefficient (Wildman–Crippen LogP) is 4.79. The molecule has 3 rings (SSSR count). The standard InChI is InChI=1S/C29H37ClO7/c1-3-16-33-27-26(35-20-19-31-18-15-30)25(22-32-21-23-11-7-5-8-12-23)37-29(28(27)34-17-4-2)36-24-13-9-6-10-14-24/h3-14,25-29H,1-2,15-22H2/t25-,26-,27+,28-,29-/m1/s1. The number of rotatable bonds is 18. The summed E-state index contributed by atoms with van der Waals surface area (Å²) < 4.78 is 42.9. The molecule has 1 aliphatic rings. The Hall–Kier alpha value is -2.23. The van der Waals surface area contributed by atoms with Crippen LogP contribution in [0.1, 0.15) is 5.56 Å². The molecule has 8 heteroatoms. The van der Waals surface area contributed by atoms with Crippen LogP contribution in [0.5, 0.6) is 5.75 Å². The minimum Gasteiger partial charge on any atom is -0.462 e. The molecule has 0 aliphatic carbocycles. The molecular formula is C29H37ClO7. The second-order valence-corrected chi connectivity index (χ2v) is 8.66. The molecule has 2 aromatic rings. The Morgan fingerprint density at radius 1 is 0.757 bits per heavy atom. The number of ether oxygens (including phenoxy) is 7. The Morgan fingerprint density at radius 3 is 2.11 bits per heavy atom. The van der Waals surface area contributed by atoms with Gasteiger partial charge in [0.15, 0.2) is 0 Å². The zero-order valence-electron chi connectivity index (χ0n) is 21.1. The molecule has 1 saturated heterocycles. The highest BCUT2D eigenvalue weighted by atomic mass is 35.5. The molecule has 2 aromatic carbocycles. The number of benzene rings is 2. The molecule has 1 fully saturated rings.